The van der Waals surface area contributed by atoms with Crippen LogP contribution in [0.25, 0.3) is 0 Å². The molecule has 0 bridgehead atoms. The van der Waals surface area contributed by atoms with Crippen molar-refractivity contribution in [1.29, 1.82) is 0 Å². The minimum absolute atomic E-state index is 0.399. The third-order valence-electron chi connectivity index (χ3n) is 3.42. The van der Waals surface area contributed by atoms with Gasteiger partial charge in [0.1, 0.15) is 0 Å². The van der Waals surface area contributed by atoms with E-state index < -0.39 is 0 Å². The summed E-state index contributed by atoms with van der Waals surface area (Å²) < 4.78 is 1.86. The molecule has 0 radical (unpaired) electrons. The van der Waals surface area contributed by atoms with Crippen LogP contribution in [-0.2, 0) is 13.5 Å². The van der Waals surface area contributed by atoms with Gasteiger partial charge in [0.25, 0.3) is 0 Å². The first kappa shape index (κ1) is 15.1. The predicted molar refractivity (Wildman–Crippen MR) is 86.2 cm³/mol. The molecule has 0 aliphatic rings. The Labute approximate surface area is 125 Å². The molecule has 20 heavy (non-hydrogen) atoms. The Kier molecular flexibility index (Phi) is 5.68. The lowest BCUT2D eigenvalue weighted by atomic mass is 10.0. The van der Waals surface area contributed by atoms with Crippen molar-refractivity contribution < 1.29 is 0 Å². The highest BCUT2D eigenvalue weighted by Crippen LogP contribution is 2.23. The lowest BCUT2D eigenvalue weighted by Gasteiger charge is -2.16. The number of nitrogens with one attached hydrogen (secondary N) is 1. The fourth-order valence-corrected chi connectivity index (χ4v) is 3.01. The fourth-order valence-electron chi connectivity index (χ4n) is 2.35. The molecule has 0 spiro atoms. The van der Waals surface area contributed by atoms with Crippen LogP contribution >= 0.6 is 11.8 Å². The fraction of sp³-hybridized carbons (Fsp3) is 0.438. The van der Waals surface area contributed by atoms with Crippen LogP contribution in [0.5, 0.6) is 0 Å². The summed E-state index contributed by atoms with van der Waals surface area (Å²) >= 11 is 1.88. The Balaban J connectivity index is 1.96. The number of hydrogen-bond acceptors (Lipinski definition) is 3. The molecule has 1 unspecified atom stereocenters. The van der Waals surface area contributed by atoms with E-state index in [1.807, 2.05) is 36.7 Å². The molecule has 1 heterocycles. The highest BCUT2D eigenvalue weighted by atomic mass is 32.2. The summed E-state index contributed by atoms with van der Waals surface area (Å²) in [7, 11) is 3.99. The first-order valence-corrected chi connectivity index (χ1v) is 8.09. The average Bonchev–Trinajstić information content (AvgIpc) is 2.87. The number of nitrogens with zero attached hydrogens (tertiary/aromatic N) is 2. The van der Waals surface area contributed by atoms with Gasteiger partial charge in [-0.05, 0) is 48.9 Å². The van der Waals surface area contributed by atoms with Gasteiger partial charge in [-0.3, -0.25) is 4.68 Å². The van der Waals surface area contributed by atoms with E-state index in [1.165, 1.54) is 16.0 Å². The van der Waals surface area contributed by atoms with E-state index in [4.69, 9.17) is 0 Å². The first-order valence-electron chi connectivity index (χ1n) is 7.10. The van der Waals surface area contributed by atoms with Crippen LogP contribution in [0.2, 0.25) is 0 Å². The number of thioether (sulfide) groups is 1. The molecule has 108 valence electrons. The molecule has 4 heteroatoms. The van der Waals surface area contributed by atoms with Gasteiger partial charge >= 0.3 is 0 Å². The second-order valence-electron chi connectivity index (χ2n) is 4.90. The van der Waals surface area contributed by atoms with Gasteiger partial charge in [0.05, 0.1) is 6.20 Å². The maximum atomic E-state index is 4.22. The SMILES string of the molecule is CCSc1ccc(C(CCc2cnn(C)c2)NC)cc1. The second-order valence-corrected chi connectivity index (χ2v) is 6.24. The van der Waals surface area contributed by atoms with E-state index in [0.717, 1.165) is 18.6 Å². The van der Waals surface area contributed by atoms with Crippen LogP contribution in [0, 0.1) is 0 Å². The van der Waals surface area contributed by atoms with Gasteiger partial charge in [-0.1, -0.05) is 19.1 Å². The lowest BCUT2D eigenvalue weighted by molar-refractivity contribution is 0.549. The zero-order valence-electron chi connectivity index (χ0n) is 12.5. The van der Waals surface area contributed by atoms with Crippen LogP contribution in [0.1, 0.15) is 30.5 Å². The first-order chi connectivity index (χ1) is 9.72. The Morgan fingerprint density at radius 2 is 2.05 bits per heavy atom. The molecule has 1 aromatic carbocycles. The summed E-state index contributed by atoms with van der Waals surface area (Å²) in [4.78, 5) is 1.35. The molecule has 0 aliphatic carbocycles. The molecule has 0 fully saturated rings. The molecular weight excluding hydrogens is 266 g/mol. The normalized spacial score (nSPS) is 12.6. The topological polar surface area (TPSA) is 29.9 Å². The summed E-state index contributed by atoms with van der Waals surface area (Å²) in [5.41, 5.74) is 2.66. The lowest BCUT2D eigenvalue weighted by Crippen LogP contribution is -2.17. The predicted octanol–water partition coefficient (Wildman–Crippen LogP) is 3.43. The molecule has 0 saturated carbocycles. The minimum atomic E-state index is 0.399. The monoisotopic (exact) mass is 289 g/mol. The summed E-state index contributed by atoms with van der Waals surface area (Å²) in [6.45, 7) is 2.18. The molecule has 1 N–H and O–H groups in total. The van der Waals surface area contributed by atoms with Crippen molar-refractivity contribution in [1.82, 2.24) is 15.1 Å². The number of aryl methyl sites for hydroxylation is 2. The van der Waals surface area contributed by atoms with Gasteiger partial charge in [-0.2, -0.15) is 5.10 Å². The van der Waals surface area contributed by atoms with Crippen molar-refractivity contribution in [2.45, 2.75) is 30.7 Å². The van der Waals surface area contributed by atoms with Crippen molar-refractivity contribution in [2.24, 2.45) is 7.05 Å². The van der Waals surface area contributed by atoms with E-state index in [0.29, 0.717) is 6.04 Å². The minimum Gasteiger partial charge on any atom is -0.313 e. The van der Waals surface area contributed by atoms with Crippen LogP contribution < -0.4 is 5.32 Å². The molecule has 1 atom stereocenters. The van der Waals surface area contributed by atoms with E-state index >= 15 is 0 Å². The zero-order valence-corrected chi connectivity index (χ0v) is 13.3. The molecule has 0 aliphatic heterocycles. The van der Waals surface area contributed by atoms with Gasteiger partial charge in [0.2, 0.25) is 0 Å². The third kappa shape index (κ3) is 4.12. The summed E-state index contributed by atoms with van der Waals surface area (Å²) in [6, 6.07) is 9.32. The number of hydrogen-bond donors (Lipinski definition) is 1. The molecule has 3 nitrogen and oxygen atoms in total. The molecule has 2 rings (SSSR count). The van der Waals surface area contributed by atoms with E-state index in [2.05, 4.69) is 47.8 Å². The van der Waals surface area contributed by atoms with E-state index in [-0.39, 0.29) is 0 Å². The highest BCUT2D eigenvalue weighted by Gasteiger charge is 2.10. The highest BCUT2D eigenvalue weighted by molar-refractivity contribution is 7.99. The van der Waals surface area contributed by atoms with Crippen molar-refractivity contribution in [3.8, 4) is 0 Å². The van der Waals surface area contributed by atoms with Crippen molar-refractivity contribution in [3.05, 3.63) is 47.8 Å². The Bertz CT molecular complexity index is 519. The van der Waals surface area contributed by atoms with Crippen molar-refractivity contribution in [3.63, 3.8) is 0 Å². The maximum Gasteiger partial charge on any atom is 0.0521 e. The number of benzene rings is 1. The van der Waals surface area contributed by atoms with Crippen molar-refractivity contribution in [2.75, 3.05) is 12.8 Å². The summed E-state index contributed by atoms with van der Waals surface area (Å²) in [5, 5.41) is 7.63. The van der Waals surface area contributed by atoms with E-state index in [9.17, 15) is 0 Å². The second kappa shape index (κ2) is 7.50. The number of aromatic nitrogens is 2. The van der Waals surface area contributed by atoms with E-state index in [1.54, 1.807) is 0 Å². The molecule has 0 saturated heterocycles. The smallest absolute Gasteiger partial charge is 0.0521 e. The van der Waals surface area contributed by atoms with Crippen LogP contribution in [-0.4, -0.2) is 22.6 Å². The van der Waals surface area contributed by atoms with Gasteiger partial charge in [0.15, 0.2) is 0 Å². The molecular formula is C16H23N3S. The summed E-state index contributed by atoms with van der Waals surface area (Å²) in [5.74, 6) is 1.12. The Morgan fingerprint density at radius 3 is 2.60 bits per heavy atom. The Hall–Kier alpha value is -1.26. The quantitative estimate of drug-likeness (QED) is 0.792. The van der Waals surface area contributed by atoms with Crippen LogP contribution in [0.4, 0.5) is 0 Å². The zero-order chi connectivity index (χ0) is 14.4. The molecule has 1 aromatic heterocycles. The third-order valence-corrected chi connectivity index (χ3v) is 4.32. The van der Waals surface area contributed by atoms with Gasteiger partial charge < -0.3 is 5.32 Å². The van der Waals surface area contributed by atoms with Gasteiger partial charge in [0, 0.05) is 24.2 Å². The average molecular weight is 289 g/mol. The Morgan fingerprint density at radius 1 is 1.30 bits per heavy atom. The standard InChI is InChI=1S/C16H23N3S/c1-4-20-15-8-6-14(7-9-15)16(17-2)10-5-13-11-18-19(3)12-13/h6-9,11-12,16-17H,4-5,10H2,1-3H3. The number of rotatable bonds is 7. The van der Waals surface area contributed by atoms with Crippen LogP contribution in [0.15, 0.2) is 41.6 Å². The molecule has 2 aromatic rings. The van der Waals surface area contributed by atoms with Crippen molar-refractivity contribution >= 4 is 11.8 Å². The van der Waals surface area contributed by atoms with Gasteiger partial charge in [-0.15, -0.1) is 11.8 Å². The molecule has 0 amide bonds. The largest absolute Gasteiger partial charge is 0.313 e. The van der Waals surface area contributed by atoms with Crippen LogP contribution in [0.3, 0.4) is 0 Å². The maximum absolute atomic E-state index is 4.22. The van der Waals surface area contributed by atoms with Gasteiger partial charge in [-0.25, -0.2) is 0 Å². The summed E-state index contributed by atoms with van der Waals surface area (Å²) in [6.07, 6.45) is 6.18.